The van der Waals surface area contributed by atoms with E-state index in [1.165, 1.54) is 10.6 Å². The summed E-state index contributed by atoms with van der Waals surface area (Å²) in [6.45, 7) is 4.53. The van der Waals surface area contributed by atoms with Crippen LogP contribution in [-0.4, -0.2) is 44.6 Å². The highest BCUT2D eigenvalue weighted by Crippen LogP contribution is 2.11. The number of ether oxygens (including phenoxy) is 1. The minimum absolute atomic E-state index is 0.111. The fraction of sp³-hybridized carbons (Fsp3) is 0.350. The summed E-state index contributed by atoms with van der Waals surface area (Å²) in [5.74, 6) is 0.326. The Morgan fingerprint density at radius 1 is 1.00 bits per heavy atom. The van der Waals surface area contributed by atoms with E-state index in [4.69, 9.17) is 4.74 Å². The van der Waals surface area contributed by atoms with Gasteiger partial charge in [0.15, 0.2) is 6.61 Å². The fourth-order valence-corrected chi connectivity index (χ4v) is 3.22. The fourth-order valence-electron chi connectivity index (χ4n) is 2.41. The second-order valence-electron chi connectivity index (χ2n) is 6.53. The average molecular weight is 391 g/mol. The van der Waals surface area contributed by atoms with E-state index < -0.39 is 10.0 Å². The molecular weight excluding hydrogens is 364 g/mol. The van der Waals surface area contributed by atoms with Crippen LogP contribution in [-0.2, 0) is 21.4 Å². The second kappa shape index (κ2) is 9.53. The lowest BCUT2D eigenvalue weighted by molar-refractivity contribution is -0.123. The zero-order valence-electron chi connectivity index (χ0n) is 15.9. The Morgan fingerprint density at radius 2 is 1.56 bits per heavy atom. The lowest BCUT2D eigenvalue weighted by atomic mass is 10.1. The van der Waals surface area contributed by atoms with Gasteiger partial charge in [0, 0.05) is 19.6 Å². The van der Waals surface area contributed by atoms with Crippen LogP contribution in [0.15, 0.2) is 48.5 Å². The van der Waals surface area contributed by atoms with Gasteiger partial charge in [-0.05, 0) is 31.5 Å². The minimum Gasteiger partial charge on any atom is -0.484 e. The van der Waals surface area contributed by atoms with Gasteiger partial charge in [0.25, 0.3) is 5.91 Å². The molecule has 0 radical (unpaired) electrons. The molecular formula is C20H26N2O4S. The number of hydrogen-bond acceptors (Lipinski definition) is 4. The van der Waals surface area contributed by atoms with Crippen LogP contribution in [0.5, 0.6) is 5.75 Å². The number of nitrogens with one attached hydrogen (secondary N) is 1. The normalized spacial score (nSPS) is 11.4. The first-order chi connectivity index (χ1) is 12.7. The Bertz CT molecular complexity index is 847. The smallest absolute Gasteiger partial charge is 0.257 e. The Hall–Kier alpha value is -2.38. The molecule has 2 aromatic rings. The predicted molar refractivity (Wildman–Crippen MR) is 106 cm³/mol. The Kier molecular flexibility index (Phi) is 7.38. The third kappa shape index (κ3) is 7.40. The van der Waals surface area contributed by atoms with Gasteiger partial charge >= 0.3 is 0 Å². The molecule has 0 atom stereocenters. The van der Waals surface area contributed by atoms with Crippen molar-refractivity contribution in [1.82, 2.24) is 9.62 Å². The lowest BCUT2D eigenvalue weighted by Crippen LogP contribution is -2.39. The van der Waals surface area contributed by atoms with Gasteiger partial charge in [-0.3, -0.25) is 4.79 Å². The monoisotopic (exact) mass is 390 g/mol. The van der Waals surface area contributed by atoms with Gasteiger partial charge in [-0.25, -0.2) is 8.42 Å². The summed E-state index contributed by atoms with van der Waals surface area (Å²) in [5, 5.41) is 2.69. The van der Waals surface area contributed by atoms with Gasteiger partial charge in [0.05, 0.1) is 6.26 Å². The van der Waals surface area contributed by atoms with Crippen LogP contribution in [0, 0.1) is 13.8 Å². The van der Waals surface area contributed by atoms with E-state index in [1.807, 2.05) is 50.2 Å². The molecule has 0 saturated carbocycles. The molecule has 0 aliphatic rings. The van der Waals surface area contributed by atoms with Crippen LogP contribution in [0.4, 0.5) is 0 Å². The third-order valence-corrected chi connectivity index (χ3v) is 5.27. The molecule has 0 aliphatic carbocycles. The van der Waals surface area contributed by atoms with Gasteiger partial charge in [0.2, 0.25) is 10.0 Å². The summed E-state index contributed by atoms with van der Waals surface area (Å²) in [6.07, 6.45) is 1.17. The molecule has 0 heterocycles. The predicted octanol–water partition coefficient (Wildman–Crippen LogP) is 2.26. The second-order valence-corrected chi connectivity index (χ2v) is 8.52. The summed E-state index contributed by atoms with van der Waals surface area (Å²) in [4.78, 5) is 11.9. The molecule has 146 valence electrons. The zero-order valence-corrected chi connectivity index (χ0v) is 16.8. The SMILES string of the molecule is Cc1ccc(CN(CCNC(=O)COc2ccc(C)cc2)S(C)(=O)=O)cc1. The molecule has 0 aliphatic heterocycles. The summed E-state index contributed by atoms with van der Waals surface area (Å²) in [5.41, 5.74) is 3.13. The van der Waals surface area contributed by atoms with E-state index in [1.54, 1.807) is 12.1 Å². The molecule has 0 spiro atoms. The van der Waals surface area contributed by atoms with E-state index >= 15 is 0 Å². The van der Waals surface area contributed by atoms with Crippen molar-refractivity contribution in [2.75, 3.05) is 26.0 Å². The Balaban J connectivity index is 1.81. The van der Waals surface area contributed by atoms with Crippen molar-refractivity contribution < 1.29 is 17.9 Å². The van der Waals surface area contributed by atoms with Crippen molar-refractivity contribution in [3.63, 3.8) is 0 Å². The number of carbonyl (C=O) groups excluding carboxylic acids is 1. The highest BCUT2D eigenvalue weighted by Gasteiger charge is 2.17. The van der Waals surface area contributed by atoms with Crippen molar-refractivity contribution >= 4 is 15.9 Å². The number of hydrogen-bond donors (Lipinski definition) is 1. The highest BCUT2D eigenvalue weighted by atomic mass is 32.2. The van der Waals surface area contributed by atoms with E-state index in [2.05, 4.69) is 5.32 Å². The zero-order chi connectivity index (χ0) is 19.9. The first kappa shape index (κ1) is 20.9. The average Bonchev–Trinajstić information content (AvgIpc) is 2.61. The molecule has 7 heteroatoms. The van der Waals surface area contributed by atoms with Crippen LogP contribution in [0.1, 0.15) is 16.7 Å². The van der Waals surface area contributed by atoms with Gasteiger partial charge in [-0.1, -0.05) is 47.5 Å². The number of rotatable bonds is 9. The summed E-state index contributed by atoms with van der Waals surface area (Å²) < 4.78 is 30.8. The minimum atomic E-state index is -3.38. The molecule has 0 bridgehead atoms. The van der Waals surface area contributed by atoms with Gasteiger partial charge in [-0.2, -0.15) is 4.31 Å². The first-order valence-corrected chi connectivity index (χ1v) is 10.6. The standard InChI is InChI=1S/C20H26N2O4S/c1-16-4-8-18(9-5-16)14-22(27(3,24)25)13-12-21-20(23)15-26-19-10-6-17(2)7-11-19/h4-11H,12-15H2,1-3H3,(H,21,23). The van der Waals surface area contributed by atoms with Crippen LogP contribution in [0.2, 0.25) is 0 Å². The Morgan fingerprint density at radius 3 is 2.11 bits per heavy atom. The van der Waals surface area contributed by atoms with Gasteiger partial charge < -0.3 is 10.1 Å². The number of benzene rings is 2. The molecule has 1 N–H and O–H groups in total. The van der Waals surface area contributed by atoms with E-state index in [-0.39, 0.29) is 32.1 Å². The van der Waals surface area contributed by atoms with Crippen LogP contribution in [0.25, 0.3) is 0 Å². The van der Waals surface area contributed by atoms with Crippen LogP contribution < -0.4 is 10.1 Å². The van der Waals surface area contributed by atoms with E-state index in [0.29, 0.717) is 5.75 Å². The summed E-state index contributed by atoms with van der Waals surface area (Å²) in [6, 6.07) is 15.1. The van der Waals surface area contributed by atoms with Crippen molar-refractivity contribution in [3.05, 3.63) is 65.2 Å². The molecule has 6 nitrogen and oxygen atoms in total. The van der Waals surface area contributed by atoms with E-state index in [9.17, 15) is 13.2 Å². The number of carbonyl (C=O) groups is 1. The van der Waals surface area contributed by atoms with Crippen LogP contribution in [0.3, 0.4) is 0 Å². The van der Waals surface area contributed by atoms with Crippen LogP contribution >= 0.6 is 0 Å². The summed E-state index contributed by atoms with van der Waals surface area (Å²) >= 11 is 0. The largest absolute Gasteiger partial charge is 0.484 e. The Labute approximate surface area is 161 Å². The number of sulfonamides is 1. The van der Waals surface area contributed by atoms with Gasteiger partial charge in [0.1, 0.15) is 5.75 Å². The third-order valence-electron chi connectivity index (χ3n) is 4.02. The van der Waals surface area contributed by atoms with Crippen molar-refractivity contribution in [1.29, 1.82) is 0 Å². The quantitative estimate of drug-likeness (QED) is 0.713. The molecule has 2 rings (SSSR count). The van der Waals surface area contributed by atoms with E-state index in [0.717, 1.165) is 16.7 Å². The topological polar surface area (TPSA) is 75.7 Å². The lowest BCUT2D eigenvalue weighted by Gasteiger charge is -2.20. The summed E-state index contributed by atoms with van der Waals surface area (Å²) in [7, 11) is -3.38. The maximum Gasteiger partial charge on any atom is 0.257 e. The molecule has 0 saturated heterocycles. The van der Waals surface area contributed by atoms with Crippen molar-refractivity contribution in [2.45, 2.75) is 20.4 Å². The molecule has 0 aromatic heterocycles. The molecule has 1 amide bonds. The van der Waals surface area contributed by atoms with Crippen molar-refractivity contribution in [3.8, 4) is 5.75 Å². The number of aryl methyl sites for hydroxylation is 2. The molecule has 0 unspecified atom stereocenters. The molecule has 0 fully saturated rings. The number of nitrogens with zero attached hydrogens (tertiary/aromatic N) is 1. The number of amides is 1. The molecule has 2 aromatic carbocycles. The highest BCUT2D eigenvalue weighted by molar-refractivity contribution is 7.88. The molecule has 27 heavy (non-hydrogen) atoms. The van der Waals surface area contributed by atoms with Crippen molar-refractivity contribution in [2.24, 2.45) is 0 Å². The van der Waals surface area contributed by atoms with Gasteiger partial charge in [-0.15, -0.1) is 0 Å². The first-order valence-electron chi connectivity index (χ1n) is 8.71. The maximum atomic E-state index is 12.0. The maximum absolute atomic E-state index is 12.0.